The molecule has 1 aromatic rings. The van der Waals surface area contributed by atoms with Gasteiger partial charge in [-0.15, -0.1) is 11.3 Å². The zero-order chi connectivity index (χ0) is 15.2. The first-order valence-electron chi connectivity index (χ1n) is 7.05. The van der Waals surface area contributed by atoms with Crippen LogP contribution in [0.25, 0.3) is 0 Å². The van der Waals surface area contributed by atoms with Gasteiger partial charge in [0.25, 0.3) is 0 Å². The smallest absolute Gasteiger partial charge is 0.357 e. The minimum atomic E-state index is -0.419. The average molecular weight is 312 g/mol. The molecule has 7 heteroatoms. The molecule has 0 atom stereocenters. The van der Waals surface area contributed by atoms with E-state index < -0.39 is 5.97 Å². The van der Waals surface area contributed by atoms with E-state index in [1.807, 2.05) is 0 Å². The van der Waals surface area contributed by atoms with Crippen molar-refractivity contribution in [3.8, 4) is 0 Å². The Morgan fingerprint density at radius 2 is 2.24 bits per heavy atom. The van der Waals surface area contributed by atoms with Crippen LogP contribution in [-0.2, 0) is 20.8 Å². The zero-order valence-corrected chi connectivity index (χ0v) is 13.1. The summed E-state index contributed by atoms with van der Waals surface area (Å²) in [6.45, 7) is 3.54. The maximum atomic E-state index is 12.2. The van der Waals surface area contributed by atoms with E-state index in [0.29, 0.717) is 32.0 Å². The third-order valence-electron chi connectivity index (χ3n) is 3.17. The first kappa shape index (κ1) is 15.9. The van der Waals surface area contributed by atoms with Gasteiger partial charge in [-0.2, -0.15) is 0 Å². The van der Waals surface area contributed by atoms with Crippen molar-refractivity contribution in [2.45, 2.75) is 26.3 Å². The molecule has 0 aliphatic heterocycles. The van der Waals surface area contributed by atoms with Gasteiger partial charge >= 0.3 is 5.97 Å². The maximum Gasteiger partial charge on any atom is 0.357 e. The molecule has 0 saturated heterocycles. The van der Waals surface area contributed by atoms with Gasteiger partial charge in [0.1, 0.15) is 5.01 Å². The van der Waals surface area contributed by atoms with Crippen LogP contribution in [0.15, 0.2) is 5.38 Å². The third-order valence-corrected chi connectivity index (χ3v) is 4.00. The van der Waals surface area contributed by atoms with Crippen LogP contribution in [-0.4, -0.2) is 48.6 Å². The lowest BCUT2D eigenvalue weighted by Crippen LogP contribution is -2.34. The summed E-state index contributed by atoms with van der Waals surface area (Å²) >= 11 is 1.37. The summed E-state index contributed by atoms with van der Waals surface area (Å²) in [4.78, 5) is 29.8. The van der Waals surface area contributed by atoms with Gasteiger partial charge in [-0.05, 0) is 19.8 Å². The number of thiazole rings is 1. The fourth-order valence-corrected chi connectivity index (χ4v) is 2.68. The standard InChI is InChI=1S/C14H20N2O4S/c1-3-20-14(18)11-9-21-12(15-11)8-16(6-7-19-2)13(17)10-4-5-10/h9-10H,3-8H2,1-2H3. The fourth-order valence-electron chi connectivity index (χ4n) is 1.90. The van der Waals surface area contributed by atoms with Crippen LogP contribution in [0.2, 0.25) is 0 Å². The molecule has 0 unspecified atom stereocenters. The molecule has 1 aliphatic rings. The molecule has 21 heavy (non-hydrogen) atoms. The van der Waals surface area contributed by atoms with Crippen LogP contribution in [0.5, 0.6) is 0 Å². The van der Waals surface area contributed by atoms with E-state index in [2.05, 4.69) is 4.98 Å². The van der Waals surface area contributed by atoms with E-state index in [9.17, 15) is 9.59 Å². The van der Waals surface area contributed by atoms with Crippen molar-refractivity contribution in [1.29, 1.82) is 0 Å². The molecule has 0 radical (unpaired) electrons. The molecule has 1 saturated carbocycles. The average Bonchev–Trinajstić information content (AvgIpc) is 3.22. The summed E-state index contributed by atoms with van der Waals surface area (Å²) in [7, 11) is 1.61. The van der Waals surface area contributed by atoms with Crippen molar-refractivity contribution in [3.63, 3.8) is 0 Å². The number of aromatic nitrogens is 1. The second-order valence-electron chi connectivity index (χ2n) is 4.87. The number of nitrogens with zero attached hydrogens (tertiary/aromatic N) is 2. The van der Waals surface area contributed by atoms with Gasteiger partial charge in [0.15, 0.2) is 5.69 Å². The van der Waals surface area contributed by atoms with E-state index in [-0.39, 0.29) is 11.8 Å². The number of rotatable bonds is 8. The first-order valence-corrected chi connectivity index (χ1v) is 7.93. The molecule has 1 aliphatic carbocycles. The zero-order valence-electron chi connectivity index (χ0n) is 12.3. The molecule has 1 aromatic heterocycles. The Balaban J connectivity index is 1.98. The highest BCUT2D eigenvalue weighted by Crippen LogP contribution is 2.31. The monoisotopic (exact) mass is 312 g/mol. The fraction of sp³-hybridized carbons (Fsp3) is 0.643. The molecule has 1 heterocycles. The highest BCUT2D eigenvalue weighted by molar-refractivity contribution is 7.09. The van der Waals surface area contributed by atoms with Crippen molar-refractivity contribution in [2.75, 3.05) is 26.9 Å². The number of amides is 1. The number of carbonyl (C=O) groups is 2. The largest absolute Gasteiger partial charge is 0.461 e. The topological polar surface area (TPSA) is 68.7 Å². The lowest BCUT2D eigenvalue weighted by Gasteiger charge is -2.21. The summed E-state index contributed by atoms with van der Waals surface area (Å²) in [5.41, 5.74) is 0.308. The maximum absolute atomic E-state index is 12.2. The van der Waals surface area contributed by atoms with Crippen LogP contribution in [0, 0.1) is 5.92 Å². The van der Waals surface area contributed by atoms with E-state index in [1.165, 1.54) is 11.3 Å². The van der Waals surface area contributed by atoms with Crippen molar-refractivity contribution < 1.29 is 19.1 Å². The van der Waals surface area contributed by atoms with Gasteiger partial charge < -0.3 is 14.4 Å². The van der Waals surface area contributed by atoms with Crippen LogP contribution >= 0.6 is 11.3 Å². The van der Waals surface area contributed by atoms with Crippen molar-refractivity contribution in [1.82, 2.24) is 9.88 Å². The Morgan fingerprint density at radius 1 is 1.48 bits per heavy atom. The van der Waals surface area contributed by atoms with E-state index in [0.717, 1.165) is 17.8 Å². The second-order valence-corrected chi connectivity index (χ2v) is 5.82. The molecule has 6 nitrogen and oxygen atoms in total. The molecule has 1 fully saturated rings. The molecule has 1 amide bonds. The number of carbonyl (C=O) groups excluding carboxylic acids is 2. The SMILES string of the molecule is CCOC(=O)c1csc(CN(CCOC)C(=O)C2CC2)n1. The number of esters is 1. The van der Waals surface area contributed by atoms with Gasteiger partial charge in [-0.1, -0.05) is 0 Å². The molecule has 0 spiro atoms. The highest BCUT2D eigenvalue weighted by Gasteiger charge is 2.33. The summed E-state index contributed by atoms with van der Waals surface area (Å²) < 4.78 is 9.96. The molecule has 0 N–H and O–H groups in total. The number of hydrogen-bond acceptors (Lipinski definition) is 6. The van der Waals surface area contributed by atoms with Gasteiger partial charge in [-0.3, -0.25) is 4.79 Å². The Labute approximate surface area is 128 Å². The lowest BCUT2D eigenvalue weighted by atomic mass is 10.3. The normalized spacial score (nSPS) is 14.0. The van der Waals surface area contributed by atoms with Crippen molar-refractivity contribution in [3.05, 3.63) is 16.1 Å². The Kier molecular flexibility index (Phi) is 5.69. The van der Waals surface area contributed by atoms with Gasteiger partial charge in [0.2, 0.25) is 5.91 Å². The summed E-state index contributed by atoms with van der Waals surface area (Å²) in [6.07, 6.45) is 1.93. The van der Waals surface area contributed by atoms with E-state index in [4.69, 9.17) is 9.47 Å². The lowest BCUT2D eigenvalue weighted by molar-refractivity contribution is -0.133. The molecular weight excluding hydrogens is 292 g/mol. The van der Waals surface area contributed by atoms with Crippen molar-refractivity contribution in [2.24, 2.45) is 5.92 Å². The minimum Gasteiger partial charge on any atom is -0.461 e. The van der Waals surface area contributed by atoms with Gasteiger partial charge in [0.05, 0.1) is 19.8 Å². The van der Waals surface area contributed by atoms with Gasteiger partial charge in [-0.25, -0.2) is 9.78 Å². The highest BCUT2D eigenvalue weighted by atomic mass is 32.1. The van der Waals surface area contributed by atoms with Crippen LogP contribution in [0.3, 0.4) is 0 Å². The third kappa shape index (κ3) is 4.50. The minimum absolute atomic E-state index is 0.153. The predicted octanol–water partition coefficient (Wildman–Crippen LogP) is 1.70. The number of ether oxygens (including phenoxy) is 2. The molecule has 2 rings (SSSR count). The summed E-state index contributed by atoms with van der Waals surface area (Å²) in [5, 5.41) is 2.41. The molecule has 0 aromatic carbocycles. The second kappa shape index (κ2) is 7.51. The van der Waals surface area contributed by atoms with Crippen LogP contribution in [0.1, 0.15) is 35.3 Å². The van der Waals surface area contributed by atoms with Gasteiger partial charge in [0, 0.05) is 25.0 Å². The number of methoxy groups -OCH3 is 1. The Bertz CT molecular complexity index is 499. The molecule has 116 valence electrons. The molecule has 0 bridgehead atoms. The van der Waals surface area contributed by atoms with Crippen molar-refractivity contribution >= 4 is 23.2 Å². The summed E-state index contributed by atoms with van der Waals surface area (Å²) in [6, 6.07) is 0. The predicted molar refractivity (Wildman–Crippen MR) is 78.1 cm³/mol. The van der Waals surface area contributed by atoms with Crippen LogP contribution in [0.4, 0.5) is 0 Å². The van der Waals surface area contributed by atoms with E-state index in [1.54, 1.807) is 24.3 Å². The summed E-state index contributed by atoms with van der Waals surface area (Å²) in [5.74, 6) is -0.108. The van der Waals surface area contributed by atoms with E-state index >= 15 is 0 Å². The number of hydrogen-bond donors (Lipinski definition) is 0. The quantitative estimate of drug-likeness (QED) is 0.684. The Morgan fingerprint density at radius 3 is 2.86 bits per heavy atom. The van der Waals surface area contributed by atoms with Crippen LogP contribution < -0.4 is 0 Å². The Hall–Kier alpha value is -1.47. The molecular formula is C14H20N2O4S. The first-order chi connectivity index (χ1) is 10.2.